The molecule has 0 saturated carbocycles. The second-order valence-electron chi connectivity index (χ2n) is 3.87. The van der Waals surface area contributed by atoms with Crippen LogP contribution in [0.15, 0.2) is 15.8 Å². The average molecular weight is 295 g/mol. The Morgan fingerprint density at radius 2 is 2.06 bits per heavy atom. The standard InChI is InChI=1S/C9H11ClN2O5S/c10-3-1-12(9(17)11-7(3)16)8-6(15)5(14)4(2-13)18-8/h1,4-6,8,13-15H,2H2,(H,11,16,17)/t4-,5+,6?,8-/m1/s1. The Morgan fingerprint density at radius 3 is 2.61 bits per heavy atom. The number of rotatable bonds is 2. The van der Waals surface area contributed by atoms with Crippen molar-refractivity contribution in [2.45, 2.75) is 22.8 Å². The van der Waals surface area contributed by atoms with Gasteiger partial charge in [-0.05, 0) is 0 Å². The molecule has 18 heavy (non-hydrogen) atoms. The molecule has 1 aromatic heterocycles. The first-order chi connectivity index (χ1) is 8.45. The van der Waals surface area contributed by atoms with Crippen LogP contribution < -0.4 is 11.2 Å². The molecule has 4 N–H and O–H groups in total. The highest BCUT2D eigenvalue weighted by Crippen LogP contribution is 2.40. The van der Waals surface area contributed by atoms with Crippen LogP contribution in [0.1, 0.15) is 5.37 Å². The molecule has 7 nitrogen and oxygen atoms in total. The zero-order chi connectivity index (χ0) is 13.4. The first-order valence-corrected chi connectivity index (χ1v) is 6.41. The number of nitrogens with zero attached hydrogens (tertiary/aromatic N) is 1. The van der Waals surface area contributed by atoms with E-state index in [0.717, 1.165) is 22.5 Å². The van der Waals surface area contributed by atoms with Gasteiger partial charge in [0.05, 0.1) is 18.0 Å². The number of thioether (sulfide) groups is 1. The normalized spacial score (nSPS) is 31.8. The van der Waals surface area contributed by atoms with Crippen molar-refractivity contribution in [3.8, 4) is 0 Å². The zero-order valence-corrected chi connectivity index (χ0v) is 10.6. The molecule has 2 rings (SSSR count). The van der Waals surface area contributed by atoms with Crippen molar-refractivity contribution < 1.29 is 15.3 Å². The average Bonchev–Trinajstić information content (AvgIpc) is 2.61. The Morgan fingerprint density at radius 1 is 1.39 bits per heavy atom. The fourth-order valence-electron chi connectivity index (χ4n) is 1.76. The minimum absolute atomic E-state index is 0.190. The summed E-state index contributed by atoms with van der Waals surface area (Å²) in [6.45, 7) is -0.328. The first-order valence-electron chi connectivity index (χ1n) is 5.09. The lowest BCUT2D eigenvalue weighted by molar-refractivity contribution is 0.0101. The van der Waals surface area contributed by atoms with E-state index in [-0.39, 0.29) is 11.6 Å². The summed E-state index contributed by atoms with van der Waals surface area (Å²) in [4.78, 5) is 24.7. The molecule has 0 radical (unpaired) electrons. The van der Waals surface area contributed by atoms with Crippen molar-refractivity contribution in [3.05, 3.63) is 32.1 Å². The highest BCUT2D eigenvalue weighted by Gasteiger charge is 2.43. The van der Waals surface area contributed by atoms with Crippen LogP contribution in [-0.4, -0.2) is 48.9 Å². The Bertz CT molecular complexity index is 559. The number of halogens is 1. The van der Waals surface area contributed by atoms with Crippen LogP contribution in [-0.2, 0) is 0 Å². The molecule has 100 valence electrons. The van der Waals surface area contributed by atoms with Crippen molar-refractivity contribution in [1.82, 2.24) is 9.55 Å². The van der Waals surface area contributed by atoms with Crippen LogP contribution >= 0.6 is 23.4 Å². The molecule has 9 heteroatoms. The topological polar surface area (TPSA) is 116 Å². The lowest BCUT2D eigenvalue weighted by Crippen LogP contribution is -2.37. The Balaban J connectivity index is 2.42. The third-order valence-corrected chi connectivity index (χ3v) is 4.55. The predicted molar refractivity (Wildman–Crippen MR) is 65.8 cm³/mol. The van der Waals surface area contributed by atoms with Gasteiger partial charge in [-0.3, -0.25) is 14.3 Å². The van der Waals surface area contributed by atoms with Gasteiger partial charge in [-0.2, -0.15) is 0 Å². The molecule has 4 atom stereocenters. The molecule has 0 aromatic carbocycles. The highest BCUT2D eigenvalue weighted by molar-refractivity contribution is 8.00. The molecule has 1 saturated heterocycles. The smallest absolute Gasteiger partial charge is 0.329 e. The van der Waals surface area contributed by atoms with Gasteiger partial charge in [0, 0.05) is 6.20 Å². The number of aliphatic hydroxyl groups excluding tert-OH is 3. The number of hydrogen-bond acceptors (Lipinski definition) is 6. The van der Waals surface area contributed by atoms with E-state index in [9.17, 15) is 19.8 Å². The summed E-state index contributed by atoms with van der Waals surface area (Å²) in [6, 6.07) is 0. The Hall–Kier alpha value is -0.800. The first kappa shape index (κ1) is 13.6. The van der Waals surface area contributed by atoms with Crippen LogP contribution in [0.4, 0.5) is 0 Å². The van der Waals surface area contributed by atoms with Gasteiger partial charge in [0.15, 0.2) is 0 Å². The minimum atomic E-state index is -1.23. The second-order valence-corrected chi connectivity index (χ2v) is 5.64. The quantitative estimate of drug-likeness (QED) is 0.529. The molecule has 0 aliphatic carbocycles. The minimum Gasteiger partial charge on any atom is -0.395 e. The number of aromatic nitrogens is 2. The highest BCUT2D eigenvalue weighted by atomic mass is 35.5. The van der Waals surface area contributed by atoms with E-state index < -0.39 is 34.1 Å². The van der Waals surface area contributed by atoms with Crippen molar-refractivity contribution in [1.29, 1.82) is 0 Å². The zero-order valence-electron chi connectivity index (χ0n) is 8.99. The third kappa shape index (κ3) is 2.21. The molecular formula is C9H11ClN2O5S. The van der Waals surface area contributed by atoms with Gasteiger partial charge >= 0.3 is 5.69 Å². The summed E-state index contributed by atoms with van der Waals surface area (Å²) < 4.78 is 1.04. The van der Waals surface area contributed by atoms with Gasteiger partial charge in [0.2, 0.25) is 0 Å². The van der Waals surface area contributed by atoms with Crippen molar-refractivity contribution in [3.63, 3.8) is 0 Å². The molecule has 1 fully saturated rings. The fourth-order valence-corrected chi connectivity index (χ4v) is 3.29. The van der Waals surface area contributed by atoms with Crippen LogP contribution in [0, 0.1) is 0 Å². The number of hydrogen-bond donors (Lipinski definition) is 4. The van der Waals surface area contributed by atoms with E-state index in [4.69, 9.17) is 16.7 Å². The molecular weight excluding hydrogens is 284 g/mol. The van der Waals surface area contributed by atoms with Crippen LogP contribution in [0.2, 0.25) is 5.02 Å². The van der Waals surface area contributed by atoms with Gasteiger partial charge in [0.25, 0.3) is 5.56 Å². The van der Waals surface area contributed by atoms with Crippen LogP contribution in [0.5, 0.6) is 0 Å². The van der Waals surface area contributed by atoms with E-state index in [0.29, 0.717) is 0 Å². The molecule has 0 spiro atoms. The maximum atomic E-state index is 11.6. The second kappa shape index (κ2) is 5.06. The van der Waals surface area contributed by atoms with E-state index in [1.807, 2.05) is 4.98 Å². The summed E-state index contributed by atoms with van der Waals surface area (Å²) in [5.74, 6) is 0. The van der Waals surface area contributed by atoms with Crippen molar-refractivity contribution in [2.75, 3.05) is 6.61 Å². The van der Waals surface area contributed by atoms with Gasteiger partial charge in [-0.15, -0.1) is 11.8 Å². The Kier molecular flexibility index (Phi) is 3.83. The lowest BCUT2D eigenvalue weighted by Gasteiger charge is -2.17. The van der Waals surface area contributed by atoms with Crippen molar-refractivity contribution >= 4 is 23.4 Å². The third-order valence-electron chi connectivity index (χ3n) is 2.72. The van der Waals surface area contributed by atoms with Crippen molar-refractivity contribution in [2.24, 2.45) is 0 Å². The molecule has 1 aliphatic heterocycles. The molecule has 1 aliphatic rings. The molecule has 1 aromatic rings. The molecule has 1 unspecified atom stereocenters. The summed E-state index contributed by atoms with van der Waals surface area (Å²) in [5, 5.41) is 26.9. The summed E-state index contributed by atoms with van der Waals surface area (Å²) in [6.07, 6.45) is -1.27. The van der Waals surface area contributed by atoms with E-state index >= 15 is 0 Å². The number of aromatic amines is 1. The molecule has 0 bridgehead atoms. The largest absolute Gasteiger partial charge is 0.395 e. The summed E-state index contributed by atoms with van der Waals surface area (Å²) in [5.41, 5.74) is -1.44. The van der Waals surface area contributed by atoms with E-state index in [1.54, 1.807) is 0 Å². The number of aliphatic hydroxyl groups is 3. The summed E-state index contributed by atoms with van der Waals surface area (Å²) >= 11 is 6.65. The van der Waals surface area contributed by atoms with Crippen LogP contribution in [0.25, 0.3) is 0 Å². The SMILES string of the molecule is O=c1[nH]c(=O)n([C@@H]2S[C@H](CO)[C@H](O)C2O)cc1Cl. The Labute approximate surface area is 110 Å². The number of nitrogens with one attached hydrogen (secondary N) is 1. The number of H-pyrrole nitrogens is 1. The maximum Gasteiger partial charge on any atom is 0.329 e. The fraction of sp³-hybridized carbons (Fsp3) is 0.556. The van der Waals surface area contributed by atoms with Gasteiger partial charge in [-0.1, -0.05) is 11.6 Å². The van der Waals surface area contributed by atoms with Gasteiger partial charge in [0.1, 0.15) is 16.5 Å². The van der Waals surface area contributed by atoms with E-state index in [1.165, 1.54) is 0 Å². The maximum absolute atomic E-state index is 11.6. The van der Waals surface area contributed by atoms with Gasteiger partial charge < -0.3 is 15.3 Å². The molecule has 0 amide bonds. The summed E-state index contributed by atoms with van der Waals surface area (Å²) in [7, 11) is 0. The van der Waals surface area contributed by atoms with E-state index in [2.05, 4.69) is 0 Å². The van der Waals surface area contributed by atoms with Gasteiger partial charge in [-0.25, -0.2) is 4.79 Å². The lowest BCUT2D eigenvalue weighted by atomic mass is 10.1. The predicted octanol–water partition coefficient (Wildman–Crippen LogP) is -1.48. The molecule has 2 heterocycles. The monoisotopic (exact) mass is 294 g/mol. The van der Waals surface area contributed by atoms with Crippen LogP contribution in [0.3, 0.4) is 0 Å².